The predicted octanol–water partition coefficient (Wildman–Crippen LogP) is 1.96. The number of carbonyl (C=O) groups is 1. The number of hydrogen-bond donors (Lipinski definition) is 1. The van der Waals surface area contributed by atoms with Crippen LogP contribution in [0.2, 0.25) is 0 Å². The quantitative estimate of drug-likeness (QED) is 0.842. The highest BCUT2D eigenvalue weighted by atomic mass is 16.1. The molecule has 1 fully saturated rings. The zero-order valence-corrected chi connectivity index (χ0v) is 14.1. The predicted molar refractivity (Wildman–Crippen MR) is 93.9 cm³/mol. The number of hydrogen-bond acceptors (Lipinski definition) is 7. The molecule has 0 saturated carbocycles. The SMILES string of the molecule is CCN1CCN(c2cnnc(Nc3ccc(C(C)=O)cc3)n2)CC1. The van der Waals surface area contributed by atoms with E-state index in [0.717, 1.165) is 44.2 Å². The molecule has 1 aromatic carbocycles. The van der Waals surface area contributed by atoms with E-state index in [1.807, 2.05) is 12.1 Å². The highest BCUT2D eigenvalue weighted by Crippen LogP contribution is 2.17. The Labute approximate surface area is 141 Å². The van der Waals surface area contributed by atoms with Crippen LogP contribution in [0.1, 0.15) is 24.2 Å². The molecule has 0 atom stereocenters. The van der Waals surface area contributed by atoms with Crippen molar-refractivity contribution in [2.75, 3.05) is 42.9 Å². The van der Waals surface area contributed by atoms with Gasteiger partial charge < -0.3 is 15.1 Å². The second-order valence-electron chi connectivity index (χ2n) is 5.82. The lowest BCUT2D eigenvalue weighted by atomic mass is 10.1. The van der Waals surface area contributed by atoms with Gasteiger partial charge in [0, 0.05) is 37.4 Å². The molecule has 24 heavy (non-hydrogen) atoms. The van der Waals surface area contributed by atoms with E-state index in [1.54, 1.807) is 25.3 Å². The molecule has 0 unspecified atom stereocenters. The Morgan fingerprint density at radius 3 is 2.50 bits per heavy atom. The van der Waals surface area contributed by atoms with Crippen LogP contribution in [0.4, 0.5) is 17.5 Å². The molecule has 0 spiro atoms. The molecule has 1 aliphatic rings. The van der Waals surface area contributed by atoms with Gasteiger partial charge in [-0.15, -0.1) is 5.10 Å². The normalized spacial score (nSPS) is 15.3. The van der Waals surface area contributed by atoms with E-state index in [2.05, 4.69) is 37.2 Å². The van der Waals surface area contributed by atoms with Crippen LogP contribution in [0, 0.1) is 0 Å². The van der Waals surface area contributed by atoms with Gasteiger partial charge in [0.1, 0.15) is 0 Å². The lowest BCUT2D eigenvalue weighted by Crippen LogP contribution is -2.46. The van der Waals surface area contributed by atoms with Gasteiger partial charge in [-0.1, -0.05) is 6.92 Å². The van der Waals surface area contributed by atoms with Crippen molar-refractivity contribution < 1.29 is 4.79 Å². The smallest absolute Gasteiger partial charge is 0.249 e. The fourth-order valence-corrected chi connectivity index (χ4v) is 2.71. The van der Waals surface area contributed by atoms with Crippen molar-refractivity contribution in [2.45, 2.75) is 13.8 Å². The van der Waals surface area contributed by atoms with Crippen molar-refractivity contribution >= 4 is 23.2 Å². The van der Waals surface area contributed by atoms with Gasteiger partial charge in [-0.05, 0) is 37.7 Å². The van der Waals surface area contributed by atoms with E-state index in [9.17, 15) is 4.79 Å². The second-order valence-corrected chi connectivity index (χ2v) is 5.82. The maximum atomic E-state index is 11.3. The van der Waals surface area contributed by atoms with E-state index >= 15 is 0 Å². The number of Topliss-reactive ketones (excluding diaryl/α,β-unsaturated/α-hetero) is 1. The largest absolute Gasteiger partial charge is 0.353 e. The summed E-state index contributed by atoms with van der Waals surface area (Å²) in [5, 5.41) is 11.2. The van der Waals surface area contributed by atoms with Crippen LogP contribution < -0.4 is 10.2 Å². The van der Waals surface area contributed by atoms with Crippen molar-refractivity contribution in [3.63, 3.8) is 0 Å². The average Bonchev–Trinajstić information content (AvgIpc) is 2.62. The molecular weight excluding hydrogens is 304 g/mol. The standard InChI is InChI=1S/C17H22N6O/c1-3-22-8-10-23(11-9-22)16-12-18-21-17(20-16)19-15-6-4-14(5-7-15)13(2)24/h4-7,12H,3,8-11H2,1-2H3,(H,19,20,21). The minimum atomic E-state index is 0.0488. The Kier molecular flexibility index (Phi) is 5.00. The third-order valence-electron chi connectivity index (χ3n) is 4.24. The number of aromatic nitrogens is 3. The highest BCUT2D eigenvalue weighted by molar-refractivity contribution is 5.94. The van der Waals surface area contributed by atoms with Crippen LogP contribution in [-0.2, 0) is 0 Å². The van der Waals surface area contributed by atoms with Crippen LogP contribution in [0.25, 0.3) is 0 Å². The van der Waals surface area contributed by atoms with Gasteiger partial charge >= 0.3 is 0 Å². The molecule has 0 amide bonds. The molecule has 1 aromatic heterocycles. The topological polar surface area (TPSA) is 74.2 Å². The van der Waals surface area contributed by atoms with Crippen molar-refractivity contribution in [3.8, 4) is 0 Å². The number of ketones is 1. The van der Waals surface area contributed by atoms with Crippen molar-refractivity contribution in [2.24, 2.45) is 0 Å². The first-order chi connectivity index (χ1) is 11.7. The molecule has 126 valence electrons. The van der Waals surface area contributed by atoms with E-state index in [1.165, 1.54) is 0 Å². The summed E-state index contributed by atoms with van der Waals surface area (Å²) in [6, 6.07) is 7.25. The number of nitrogens with one attached hydrogen (secondary N) is 1. The summed E-state index contributed by atoms with van der Waals surface area (Å²) >= 11 is 0. The molecule has 3 rings (SSSR count). The molecule has 0 aliphatic carbocycles. The Morgan fingerprint density at radius 1 is 1.17 bits per heavy atom. The lowest BCUT2D eigenvalue weighted by Gasteiger charge is -2.34. The van der Waals surface area contributed by atoms with Crippen molar-refractivity contribution in [1.29, 1.82) is 0 Å². The zero-order valence-electron chi connectivity index (χ0n) is 14.1. The summed E-state index contributed by atoms with van der Waals surface area (Å²) < 4.78 is 0. The number of likely N-dealkylation sites (N-methyl/N-ethyl adjacent to an activating group) is 1. The van der Waals surface area contributed by atoms with Crippen molar-refractivity contribution in [1.82, 2.24) is 20.1 Å². The first kappa shape index (κ1) is 16.3. The molecule has 7 heteroatoms. The van der Waals surface area contributed by atoms with Crippen LogP contribution in [0.5, 0.6) is 0 Å². The number of rotatable bonds is 5. The lowest BCUT2D eigenvalue weighted by molar-refractivity contribution is 0.101. The maximum Gasteiger partial charge on any atom is 0.249 e. The summed E-state index contributed by atoms with van der Waals surface area (Å²) in [6.07, 6.45) is 1.70. The molecule has 0 bridgehead atoms. The van der Waals surface area contributed by atoms with Gasteiger partial charge in [0.2, 0.25) is 5.95 Å². The van der Waals surface area contributed by atoms with Crippen LogP contribution >= 0.6 is 0 Å². The fourth-order valence-electron chi connectivity index (χ4n) is 2.71. The second kappa shape index (κ2) is 7.35. The van der Waals surface area contributed by atoms with Crippen LogP contribution in [0.15, 0.2) is 30.5 Å². The number of nitrogens with zero attached hydrogens (tertiary/aromatic N) is 5. The molecule has 2 aromatic rings. The van der Waals surface area contributed by atoms with Crippen molar-refractivity contribution in [3.05, 3.63) is 36.0 Å². The Morgan fingerprint density at radius 2 is 1.88 bits per heavy atom. The van der Waals surface area contributed by atoms with Gasteiger partial charge in [-0.25, -0.2) is 0 Å². The molecule has 1 saturated heterocycles. The van der Waals surface area contributed by atoms with Gasteiger partial charge in [-0.3, -0.25) is 4.79 Å². The highest BCUT2D eigenvalue weighted by Gasteiger charge is 2.17. The number of anilines is 3. The van der Waals surface area contributed by atoms with Crippen LogP contribution in [-0.4, -0.2) is 58.6 Å². The maximum absolute atomic E-state index is 11.3. The van der Waals surface area contributed by atoms with Gasteiger partial charge in [0.15, 0.2) is 11.6 Å². The monoisotopic (exact) mass is 326 g/mol. The minimum Gasteiger partial charge on any atom is -0.353 e. The molecule has 2 heterocycles. The molecular formula is C17H22N6O. The van der Waals surface area contributed by atoms with E-state index < -0.39 is 0 Å². The number of benzene rings is 1. The third kappa shape index (κ3) is 3.86. The average molecular weight is 326 g/mol. The fraction of sp³-hybridized carbons (Fsp3) is 0.412. The molecule has 1 N–H and O–H groups in total. The summed E-state index contributed by atoms with van der Waals surface area (Å²) in [4.78, 5) is 20.5. The Balaban J connectivity index is 1.68. The molecule has 7 nitrogen and oxygen atoms in total. The minimum absolute atomic E-state index is 0.0488. The van der Waals surface area contributed by atoms with Gasteiger partial charge in [-0.2, -0.15) is 10.1 Å². The van der Waals surface area contributed by atoms with Gasteiger partial charge in [0.25, 0.3) is 0 Å². The van der Waals surface area contributed by atoms with E-state index in [0.29, 0.717) is 11.5 Å². The Hall–Kier alpha value is -2.54. The number of piperazine rings is 1. The zero-order chi connectivity index (χ0) is 16.9. The van der Waals surface area contributed by atoms with Gasteiger partial charge in [0.05, 0.1) is 6.20 Å². The summed E-state index contributed by atoms with van der Waals surface area (Å²) in [5.74, 6) is 1.34. The Bertz CT molecular complexity index is 694. The third-order valence-corrected chi connectivity index (χ3v) is 4.24. The first-order valence-electron chi connectivity index (χ1n) is 8.21. The summed E-state index contributed by atoms with van der Waals surface area (Å²) in [5.41, 5.74) is 1.51. The van der Waals surface area contributed by atoms with Crippen LogP contribution in [0.3, 0.4) is 0 Å². The first-order valence-corrected chi connectivity index (χ1v) is 8.21. The van der Waals surface area contributed by atoms with E-state index in [-0.39, 0.29) is 5.78 Å². The summed E-state index contributed by atoms with van der Waals surface area (Å²) in [6.45, 7) is 8.78. The van der Waals surface area contributed by atoms with E-state index in [4.69, 9.17) is 0 Å². The molecule has 1 aliphatic heterocycles. The summed E-state index contributed by atoms with van der Waals surface area (Å²) in [7, 11) is 0. The number of carbonyl (C=O) groups excluding carboxylic acids is 1. The molecule has 0 radical (unpaired) electrons.